The fourth-order valence-electron chi connectivity index (χ4n) is 2.19. The van der Waals surface area contributed by atoms with E-state index in [1.165, 1.54) is 0 Å². The van der Waals surface area contributed by atoms with Crippen molar-refractivity contribution in [1.29, 1.82) is 0 Å². The van der Waals surface area contributed by atoms with Crippen molar-refractivity contribution in [2.45, 2.75) is 6.54 Å². The summed E-state index contributed by atoms with van der Waals surface area (Å²) in [4.78, 5) is 0. The highest BCUT2D eigenvalue weighted by atomic mass is 79.9. The number of anilines is 1. The smallest absolute Gasteiger partial charge is 0.123 e. The lowest BCUT2D eigenvalue weighted by atomic mass is 10.2. The summed E-state index contributed by atoms with van der Waals surface area (Å²) in [6, 6.07) is 12.1. The number of methoxy groups -OCH3 is 1. The minimum atomic E-state index is 0.681. The maximum atomic E-state index is 5.38. The number of nitrogens with zero attached hydrogens (tertiary/aromatic N) is 1. The third kappa shape index (κ3) is 2.49. The summed E-state index contributed by atoms with van der Waals surface area (Å²) in [6.07, 6.45) is 1.82. The topological polar surface area (TPSA) is 49.9 Å². The van der Waals surface area contributed by atoms with Crippen molar-refractivity contribution in [1.82, 2.24) is 10.2 Å². The van der Waals surface area contributed by atoms with Crippen LogP contribution in [0.25, 0.3) is 10.9 Å². The van der Waals surface area contributed by atoms with Crippen molar-refractivity contribution in [2.75, 3.05) is 12.4 Å². The van der Waals surface area contributed by atoms with Gasteiger partial charge in [0.1, 0.15) is 5.75 Å². The van der Waals surface area contributed by atoms with E-state index < -0.39 is 0 Å². The first-order valence-corrected chi connectivity index (χ1v) is 7.05. The molecule has 0 fully saturated rings. The first-order chi connectivity index (χ1) is 9.78. The predicted molar refractivity (Wildman–Crippen MR) is 84.1 cm³/mol. The van der Waals surface area contributed by atoms with Crippen LogP contribution in [0.4, 0.5) is 5.69 Å². The zero-order valence-corrected chi connectivity index (χ0v) is 12.6. The van der Waals surface area contributed by atoms with Crippen molar-refractivity contribution in [3.05, 3.63) is 52.6 Å². The van der Waals surface area contributed by atoms with E-state index in [0.717, 1.165) is 32.4 Å². The number of hydrogen-bond donors (Lipinski definition) is 2. The van der Waals surface area contributed by atoms with Gasteiger partial charge in [0, 0.05) is 22.0 Å². The molecular formula is C15H14BrN3O. The Morgan fingerprint density at radius 3 is 3.05 bits per heavy atom. The average molecular weight is 332 g/mol. The average Bonchev–Trinajstić information content (AvgIpc) is 2.94. The molecule has 0 aliphatic carbocycles. The van der Waals surface area contributed by atoms with Crippen LogP contribution in [0.3, 0.4) is 0 Å². The van der Waals surface area contributed by atoms with Gasteiger partial charge in [-0.05, 0) is 24.3 Å². The van der Waals surface area contributed by atoms with Gasteiger partial charge < -0.3 is 10.1 Å². The maximum Gasteiger partial charge on any atom is 0.123 e. The molecule has 0 aliphatic heterocycles. The van der Waals surface area contributed by atoms with Gasteiger partial charge in [-0.2, -0.15) is 5.10 Å². The van der Waals surface area contributed by atoms with E-state index in [1.807, 2.05) is 36.5 Å². The van der Waals surface area contributed by atoms with E-state index in [4.69, 9.17) is 4.74 Å². The lowest BCUT2D eigenvalue weighted by molar-refractivity contribution is 0.410. The predicted octanol–water partition coefficient (Wildman–Crippen LogP) is 3.95. The SMILES string of the molecule is COc1ccc(Br)cc1CNc1cccc2cn[nH]c12. The molecule has 3 rings (SSSR count). The van der Waals surface area contributed by atoms with Crippen LogP contribution in [-0.2, 0) is 6.54 Å². The van der Waals surface area contributed by atoms with Gasteiger partial charge >= 0.3 is 0 Å². The largest absolute Gasteiger partial charge is 0.496 e. The minimum Gasteiger partial charge on any atom is -0.496 e. The Kier molecular flexibility index (Phi) is 3.60. The lowest BCUT2D eigenvalue weighted by Crippen LogP contribution is -2.02. The molecule has 0 amide bonds. The van der Waals surface area contributed by atoms with Gasteiger partial charge in [-0.25, -0.2) is 0 Å². The number of ether oxygens (including phenoxy) is 1. The van der Waals surface area contributed by atoms with Gasteiger partial charge in [-0.1, -0.05) is 28.1 Å². The summed E-state index contributed by atoms with van der Waals surface area (Å²) in [5.41, 5.74) is 3.14. The normalized spacial score (nSPS) is 10.7. The third-order valence-electron chi connectivity index (χ3n) is 3.19. The molecule has 5 heteroatoms. The molecule has 0 bridgehead atoms. The van der Waals surface area contributed by atoms with Crippen LogP contribution in [0.15, 0.2) is 47.1 Å². The highest BCUT2D eigenvalue weighted by Crippen LogP contribution is 2.26. The second-order valence-electron chi connectivity index (χ2n) is 4.45. The number of benzene rings is 2. The highest BCUT2D eigenvalue weighted by molar-refractivity contribution is 9.10. The molecule has 3 aromatic rings. The van der Waals surface area contributed by atoms with Crippen molar-refractivity contribution < 1.29 is 4.74 Å². The van der Waals surface area contributed by atoms with E-state index in [2.05, 4.69) is 37.5 Å². The fraction of sp³-hybridized carbons (Fsp3) is 0.133. The summed E-state index contributed by atoms with van der Waals surface area (Å²) in [5.74, 6) is 0.873. The zero-order chi connectivity index (χ0) is 13.9. The van der Waals surface area contributed by atoms with Crippen LogP contribution in [0.1, 0.15) is 5.56 Å². The Hall–Kier alpha value is -2.01. The van der Waals surface area contributed by atoms with Crippen molar-refractivity contribution in [3.63, 3.8) is 0 Å². The minimum absolute atomic E-state index is 0.681. The molecule has 0 aliphatic rings. The van der Waals surface area contributed by atoms with Crippen molar-refractivity contribution in [2.24, 2.45) is 0 Å². The molecule has 0 atom stereocenters. The second kappa shape index (κ2) is 5.54. The Labute approximate surface area is 125 Å². The molecule has 2 aromatic carbocycles. The fourth-order valence-corrected chi connectivity index (χ4v) is 2.60. The van der Waals surface area contributed by atoms with Crippen LogP contribution < -0.4 is 10.1 Å². The van der Waals surface area contributed by atoms with E-state index in [9.17, 15) is 0 Å². The van der Waals surface area contributed by atoms with Crippen molar-refractivity contribution in [3.8, 4) is 5.75 Å². The van der Waals surface area contributed by atoms with Gasteiger partial charge in [0.25, 0.3) is 0 Å². The summed E-state index contributed by atoms with van der Waals surface area (Å²) < 4.78 is 6.42. The summed E-state index contributed by atoms with van der Waals surface area (Å²) in [5, 5.41) is 11.6. The van der Waals surface area contributed by atoms with Gasteiger partial charge in [-0.15, -0.1) is 0 Å². The number of aromatic amines is 1. The molecule has 0 radical (unpaired) electrons. The van der Waals surface area contributed by atoms with E-state index >= 15 is 0 Å². The molecule has 20 heavy (non-hydrogen) atoms. The Bertz CT molecular complexity index is 739. The summed E-state index contributed by atoms with van der Waals surface area (Å²) >= 11 is 3.49. The van der Waals surface area contributed by atoms with Crippen LogP contribution in [0, 0.1) is 0 Å². The number of hydrogen-bond acceptors (Lipinski definition) is 3. The molecule has 2 N–H and O–H groups in total. The number of rotatable bonds is 4. The number of H-pyrrole nitrogens is 1. The second-order valence-corrected chi connectivity index (χ2v) is 5.37. The molecule has 0 saturated carbocycles. The molecule has 0 spiro atoms. The number of fused-ring (bicyclic) bond motifs is 1. The quantitative estimate of drug-likeness (QED) is 0.761. The third-order valence-corrected chi connectivity index (χ3v) is 3.68. The Morgan fingerprint density at radius 2 is 2.20 bits per heavy atom. The van der Waals surface area contributed by atoms with E-state index in [0.29, 0.717) is 6.54 Å². The zero-order valence-electron chi connectivity index (χ0n) is 11.0. The van der Waals surface area contributed by atoms with Crippen LogP contribution in [-0.4, -0.2) is 17.3 Å². The number of nitrogens with one attached hydrogen (secondary N) is 2. The first-order valence-electron chi connectivity index (χ1n) is 6.26. The molecular weight excluding hydrogens is 318 g/mol. The molecule has 102 valence electrons. The van der Waals surface area contributed by atoms with Gasteiger partial charge in [0.2, 0.25) is 0 Å². The monoisotopic (exact) mass is 331 g/mol. The van der Waals surface area contributed by atoms with E-state index in [-0.39, 0.29) is 0 Å². The van der Waals surface area contributed by atoms with E-state index in [1.54, 1.807) is 7.11 Å². The highest BCUT2D eigenvalue weighted by Gasteiger charge is 2.06. The number of halogens is 1. The summed E-state index contributed by atoms with van der Waals surface area (Å²) in [7, 11) is 1.68. The Balaban J connectivity index is 1.86. The molecule has 0 unspecified atom stereocenters. The lowest BCUT2D eigenvalue weighted by Gasteiger charge is -2.11. The standard InChI is InChI=1S/C15H14BrN3O/c1-20-14-6-5-12(16)7-11(14)8-17-13-4-2-3-10-9-18-19-15(10)13/h2-7,9,17H,8H2,1H3,(H,18,19). The van der Waals surface area contributed by atoms with Gasteiger partial charge in [-0.3, -0.25) is 5.10 Å². The number of para-hydroxylation sites is 1. The van der Waals surface area contributed by atoms with Gasteiger partial charge in [0.05, 0.1) is 24.5 Å². The van der Waals surface area contributed by atoms with Crippen molar-refractivity contribution >= 4 is 32.5 Å². The molecule has 1 aromatic heterocycles. The first kappa shape index (κ1) is 13.0. The van der Waals surface area contributed by atoms with Crippen LogP contribution >= 0.6 is 15.9 Å². The number of aromatic nitrogens is 2. The summed E-state index contributed by atoms with van der Waals surface area (Å²) in [6.45, 7) is 0.681. The van der Waals surface area contributed by atoms with Crippen LogP contribution in [0.2, 0.25) is 0 Å². The molecule has 0 saturated heterocycles. The van der Waals surface area contributed by atoms with Crippen LogP contribution in [0.5, 0.6) is 5.75 Å². The maximum absolute atomic E-state index is 5.38. The van der Waals surface area contributed by atoms with Gasteiger partial charge in [0.15, 0.2) is 0 Å². The molecule has 4 nitrogen and oxygen atoms in total. The molecule has 1 heterocycles. The Morgan fingerprint density at radius 1 is 1.30 bits per heavy atom.